The largest absolute Gasteiger partial charge is 0.396 e. The third-order valence-electron chi connectivity index (χ3n) is 2.11. The predicted octanol–water partition coefficient (Wildman–Crippen LogP) is 2.92. The van der Waals surface area contributed by atoms with Crippen molar-refractivity contribution in [2.24, 2.45) is 0 Å². The normalized spacial score (nSPS) is 11.4. The summed E-state index contributed by atoms with van der Waals surface area (Å²) in [6, 6.07) is 3.47. The van der Waals surface area contributed by atoms with E-state index in [0.29, 0.717) is 5.69 Å². The van der Waals surface area contributed by atoms with E-state index < -0.39 is 15.8 Å². The highest BCUT2D eigenvalue weighted by molar-refractivity contribution is 7.92. The van der Waals surface area contributed by atoms with Gasteiger partial charge in [0.2, 0.25) is 0 Å². The van der Waals surface area contributed by atoms with E-state index in [1.54, 1.807) is 16.8 Å². The second-order valence-electron chi connectivity index (χ2n) is 3.42. The van der Waals surface area contributed by atoms with Gasteiger partial charge in [0.1, 0.15) is 10.7 Å². The summed E-state index contributed by atoms with van der Waals surface area (Å²) in [6.45, 7) is 0. The molecule has 4 nitrogen and oxygen atoms in total. The van der Waals surface area contributed by atoms with Crippen LogP contribution >= 0.6 is 22.9 Å². The van der Waals surface area contributed by atoms with E-state index in [4.69, 9.17) is 17.3 Å². The van der Waals surface area contributed by atoms with E-state index in [9.17, 15) is 12.8 Å². The van der Waals surface area contributed by atoms with E-state index in [-0.39, 0.29) is 15.6 Å². The molecular formula is C10H8ClFN2O2S2. The van der Waals surface area contributed by atoms with Crippen molar-refractivity contribution < 1.29 is 12.8 Å². The Kier molecular flexibility index (Phi) is 3.47. The van der Waals surface area contributed by atoms with Gasteiger partial charge < -0.3 is 5.73 Å². The molecule has 0 amide bonds. The number of hydrogen-bond acceptors (Lipinski definition) is 4. The molecule has 3 N–H and O–H groups in total. The van der Waals surface area contributed by atoms with Crippen LogP contribution in [-0.4, -0.2) is 8.42 Å². The van der Waals surface area contributed by atoms with Gasteiger partial charge in [0.25, 0.3) is 10.0 Å². The van der Waals surface area contributed by atoms with Gasteiger partial charge >= 0.3 is 0 Å². The van der Waals surface area contributed by atoms with E-state index in [1.807, 2.05) is 0 Å². The SMILES string of the molecule is Nc1cc(S(=O)(=O)Nc2ccsc2)c(Cl)cc1F. The second-order valence-corrected chi connectivity index (χ2v) is 6.26. The van der Waals surface area contributed by atoms with Crippen molar-refractivity contribution in [2.75, 3.05) is 10.5 Å². The maximum absolute atomic E-state index is 13.1. The third kappa shape index (κ3) is 2.58. The average molecular weight is 307 g/mol. The summed E-state index contributed by atoms with van der Waals surface area (Å²) in [4.78, 5) is -0.255. The molecule has 0 radical (unpaired) electrons. The van der Waals surface area contributed by atoms with Crippen LogP contribution in [0, 0.1) is 5.82 Å². The van der Waals surface area contributed by atoms with Crippen molar-refractivity contribution >= 4 is 44.3 Å². The summed E-state index contributed by atoms with van der Waals surface area (Å²) >= 11 is 7.05. The van der Waals surface area contributed by atoms with E-state index in [2.05, 4.69) is 4.72 Å². The maximum atomic E-state index is 13.1. The number of hydrogen-bond donors (Lipinski definition) is 2. The lowest BCUT2D eigenvalue weighted by molar-refractivity contribution is 0.600. The fourth-order valence-electron chi connectivity index (χ4n) is 1.28. The molecule has 8 heteroatoms. The first-order valence-electron chi connectivity index (χ1n) is 4.70. The number of halogens is 2. The maximum Gasteiger partial charge on any atom is 0.263 e. The predicted molar refractivity (Wildman–Crippen MR) is 70.9 cm³/mol. The van der Waals surface area contributed by atoms with Crippen molar-refractivity contribution in [3.8, 4) is 0 Å². The Labute approximate surface area is 112 Å². The average Bonchev–Trinajstić information content (AvgIpc) is 2.75. The van der Waals surface area contributed by atoms with Crippen molar-refractivity contribution in [2.45, 2.75) is 4.90 Å². The molecule has 0 fully saturated rings. The first-order chi connectivity index (χ1) is 8.40. The Balaban J connectivity index is 2.44. The van der Waals surface area contributed by atoms with Crippen LogP contribution in [0.4, 0.5) is 15.8 Å². The molecular weight excluding hydrogens is 299 g/mol. The van der Waals surface area contributed by atoms with Crippen LogP contribution in [0.25, 0.3) is 0 Å². The van der Waals surface area contributed by atoms with Gasteiger partial charge in [-0.1, -0.05) is 11.6 Å². The van der Waals surface area contributed by atoms with Crippen LogP contribution in [0.3, 0.4) is 0 Å². The second kappa shape index (κ2) is 4.75. The molecule has 0 saturated carbocycles. The summed E-state index contributed by atoms with van der Waals surface area (Å²) in [7, 11) is -3.88. The molecule has 1 aromatic carbocycles. The summed E-state index contributed by atoms with van der Waals surface area (Å²) < 4.78 is 39.5. The fraction of sp³-hybridized carbons (Fsp3) is 0. The number of nitrogens with two attached hydrogens (primary N) is 1. The van der Waals surface area contributed by atoms with Crippen LogP contribution in [0.2, 0.25) is 5.02 Å². The highest BCUT2D eigenvalue weighted by atomic mass is 35.5. The molecule has 1 aromatic heterocycles. The molecule has 96 valence electrons. The van der Waals surface area contributed by atoms with Gasteiger partial charge in [-0.15, -0.1) is 0 Å². The van der Waals surface area contributed by atoms with E-state index in [0.717, 1.165) is 12.1 Å². The van der Waals surface area contributed by atoms with Gasteiger partial charge in [0, 0.05) is 5.38 Å². The first-order valence-corrected chi connectivity index (χ1v) is 7.50. The van der Waals surface area contributed by atoms with Crippen LogP contribution in [0.1, 0.15) is 0 Å². The van der Waals surface area contributed by atoms with E-state index in [1.165, 1.54) is 11.3 Å². The highest BCUT2D eigenvalue weighted by Gasteiger charge is 2.20. The van der Waals surface area contributed by atoms with Crippen molar-refractivity contribution in [1.29, 1.82) is 0 Å². The first kappa shape index (κ1) is 13.1. The third-order valence-corrected chi connectivity index (χ3v) is 4.64. The Morgan fingerprint density at radius 3 is 2.72 bits per heavy atom. The van der Waals surface area contributed by atoms with E-state index >= 15 is 0 Å². The molecule has 0 aliphatic heterocycles. The Morgan fingerprint density at radius 2 is 2.11 bits per heavy atom. The number of nitrogens with one attached hydrogen (secondary N) is 1. The minimum absolute atomic E-state index is 0.218. The van der Waals surface area contributed by atoms with Crippen molar-refractivity contribution in [3.05, 3.63) is 39.8 Å². The molecule has 0 bridgehead atoms. The molecule has 0 saturated heterocycles. The zero-order valence-electron chi connectivity index (χ0n) is 8.85. The van der Waals surface area contributed by atoms with Crippen LogP contribution < -0.4 is 10.5 Å². The standard InChI is InChI=1S/C10H8ClFN2O2S2/c11-7-3-8(12)9(13)4-10(7)18(15,16)14-6-1-2-17-5-6/h1-5,14H,13H2. The summed E-state index contributed by atoms with van der Waals surface area (Å²) in [5.74, 6) is -0.755. The zero-order chi connectivity index (χ0) is 13.3. The van der Waals surface area contributed by atoms with Crippen LogP contribution in [0.15, 0.2) is 33.9 Å². The topological polar surface area (TPSA) is 72.2 Å². The number of anilines is 2. The monoisotopic (exact) mass is 306 g/mol. The number of benzene rings is 1. The minimum atomic E-state index is -3.88. The van der Waals surface area contributed by atoms with Crippen LogP contribution in [0.5, 0.6) is 0 Å². The molecule has 0 unspecified atom stereocenters. The van der Waals surface area contributed by atoms with Gasteiger partial charge in [-0.3, -0.25) is 4.72 Å². The summed E-state index contributed by atoms with van der Waals surface area (Å²) in [5, 5.41) is 3.13. The van der Waals surface area contributed by atoms with Gasteiger partial charge in [0.05, 0.1) is 16.4 Å². The molecule has 0 spiro atoms. The lowest BCUT2D eigenvalue weighted by Crippen LogP contribution is -2.13. The lowest BCUT2D eigenvalue weighted by Gasteiger charge is -2.09. The van der Waals surface area contributed by atoms with Crippen molar-refractivity contribution in [3.63, 3.8) is 0 Å². The Morgan fingerprint density at radius 1 is 1.39 bits per heavy atom. The lowest BCUT2D eigenvalue weighted by atomic mass is 10.3. The fourth-order valence-corrected chi connectivity index (χ4v) is 3.55. The van der Waals surface area contributed by atoms with Gasteiger partial charge in [-0.2, -0.15) is 11.3 Å². The molecule has 18 heavy (non-hydrogen) atoms. The zero-order valence-corrected chi connectivity index (χ0v) is 11.2. The van der Waals surface area contributed by atoms with Crippen molar-refractivity contribution in [1.82, 2.24) is 0 Å². The smallest absolute Gasteiger partial charge is 0.263 e. The highest BCUT2D eigenvalue weighted by Crippen LogP contribution is 2.28. The molecule has 1 heterocycles. The number of thiophene rings is 1. The molecule has 0 atom stereocenters. The van der Waals surface area contributed by atoms with Gasteiger partial charge in [-0.05, 0) is 23.6 Å². The summed E-state index contributed by atoms with van der Waals surface area (Å²) in [6.07, 6.45) is 0. The summed E-state index contributed by atoms with van der Waals surface area (Å²) in [5.41, 5.74) is 5.48. The Hall–Kier alpha value is -1.31. The molecule has 2 rings (SSSR count). The Bertz CT molecular complexity index is 671. The van der Waals surface area contributed by atoms with Crippen LogP contribution in [-0.2, 0) is 10.0 Å². The minimum Gasteiger partial charge on any atom is -0.396 e. The van der Waals surface area contributed by atoms with Gasteiger partial charge in [0.15, 0.2) is 0 Å². The molecule has 0 aliphatic rings. The number of rotatable bonds is 3. The number of nitrogen functional groups attached to an aromatic ring is 1. The molecule has 0 aliphatic carbocycles. The number of sulfonamides is 1. The molecule has 2 aromatic rings. The quantitative estimate of drug-likeness (QED) is 0.856. The van der Waals surface area contributed by atoms with Gasteiger partial charge in [-0.25, -0.2) is 12.8 Å².